The van der Waals surface area contributed by atoms with Crippen LogP contribution in [0, 0.1) is 19.8 Å². The summed E-state index contributed by atoms with van der Waals surface area (Å²) in [6.07, 6.45) is 2.35. The number of aromatic amines is 1. The number of nitrogens with zero attached hydrogens (tertiary/aromatic N) is 3. The zero-order valence-corrected chi connectivity index (χ0v) is 16.6. The molecule has 148 valence electrons. The first-order valence-corrected chi connectivity index (χ1v) is 10.1. The van der Waals surface area contributed by atoms with Gasteiger partial charge >= 0.3 is 0 Å². The fourth-order valence-electron chi connectivity index (χ4n) is 4.67. The van der Waals surface area contributed by atoms with Crippen molar-refractivity contribution in [1.82, 2.24) is 19.8 Å². The standard InChI is InChI=1S/C22H28N4O2/c1-15-20(22(28)24-16(2)23-15)10-21(27)26-13-18-8-9-19(26)14-25(12-18)11-17-6-4-3-5-7-17/h3-7,18-19H,8-14H2,1-2H3,(H,23,24,28)/t18-,19+/m1/s1. The number of benzene rings is 1. The van der Waals surface area contributed by atoms with Crippen molar-refractivity contribution in [2.24, 2.45) is 5.92 Å². The predicted octanol–water partition coefficient (Wildman–Crippen LogP) is 2.05. The number of aromatic nitrogens is 2. The van der Waals surface area contributed by atoms with Gasteiger partial charge in [0.2, 0.25) is 5.91 Å². The van der Waals surface area contributed by atoms with E-state index in [0.29, 0.717) is 23.0 Å². The van der Waals surface area contributed by atoms with Crippen molar-refractivity contribution < 1.29 is 4.79 Å². The van der Waals surface area contributed by atoms with Crippen molar-refractivity contribution in [2.75, 3.05) is 19.6 Å². The van der Waals surface area contributed by atoms with Gasteiger partial charge in [0.1, 0.15) is 5.82 Å². The Labute approximate surface area is 165 Å². The van der Waals surface area contributed by atoms with Crippen LogP contribution in [0.3, 0.4) is 0 Å². The molecule has 3 aliphatic rings. The topological polar surface area (TPSA) is 69.3 Å². The molecule has 0 unspecified atom stereocenters. The van der Waals surface area contributed by atoms with E-state index in [-0.39, 0.29) is 23.9 Å². The molecule has 0 radical (unpaired) electrons. The number of nitrogens with one attached hydrogen (secondary N) is 1. The van der Waals surface area contributed by atoms with Crippen LogP contribution in [0.25, 0.3) is 0 Å². The summed E-state index contributed by atoms with van der Waals surface area (Å²) in [6, 6.07) is 10.7. The monoisotopic (exact) mass is 380 g/mol. The molecule has 1 aromatic heterocycles. The summed E-state index contributed by atoms with van der Waals surface area (Å²) in [6.45, 7) is 7.22. The van der Waals surface area contributed by atoms with Gasteiger partial charge < -0.3 is 9.88 Å². The normalized spacial score (nSPS) is 22.3. The highest BCUT2D eigenvalue weighted by Gasteiger charge is 2.37. The second-order valence-corrected chi connectivity index (χ2v) is 8.22. The second kappa shape index (κ2) is 7.87. The molecule has 5 rings (SSSR count). The summed E-state index contributed by atoms with van der Waals surface area (Å²) >= 11 is 0. The van der Waals surface area contributed by atoms with E-state index in [2.05, 4.69) is 39.1 Å². The first-order valence-electron chi connectivity index (χ1n) is 10.1. The number of hydrogen-bond donors (Lipinski definition) is 1. The number of H-pyrrole nitrogens is 1. The van der Waals surface area contributed by atoms with Gasteiger partial charge in [-0.15, -0.1) is 0 Å². The van der Waals surface area contributed by atoms with Crippen LogP contribution in [0.1, 0.15) is 35.5 Å². The molecule has 3 saturated heterocycles. The van der Waals surface area contributed by atoms with E-state index in [9.17, 15) is 9.59 Å². The molecule has 0 aliphatic carbocycles. The fraction of sp³-hybridized carbons (Fsp3) is 0.500. The summed E-state index contributed by atoms with van der Waals surface area (Å²) in [4.78, 5) is 36.9. The highest BCUT2D eigenvalue weighted by molar-refractivity contribution is 5.79. The fourth-order valence-corrected chi connectivity index (χ4v) is 4.67. The van der Waals surface area contributed by atoms with Crippen molar-refractivity contribution in [3.63, 3.8) is 0 Å². The molecule has 1 N–H and O–H groups in total. The highest BCUT2D eigenvalue weighted by Crippen LogP contribution is 2.29. The van der Waals surface area contributed by atoms with E-state index in [4.69, 9.17) is 0 Å². The number of carbonyl (C=O) groups is 1. The molecular weight excluding hydrogens is 352 g/mol. The summed E-state index contributed by atoms with van der Waals surface area (Å²) < 4.78 is 0. The van der Waals surface area contributed by atoms with Crippen molar-refractivity contribution in [1.29, 1.82) is 0 Å². The highest BCUT2D eigenvalue weighted by atomic mass is 16.2. The van der Waals surface area contributed by atoms with Crippen LogP contribution >= 0.6 is 0 Å². The molecule has 3 aliphatic heterocycles. The number of fused-ring (bicyclic) bond motifs is 4. The van der Waals surface area contributed by atoms with E-state index in [1.165, 1.54) is 12.0 Å². The van der Waals surface area contributed by atoms with Crippen molar-refractivity contribution in [3.05, 3.63) is 63.3 Å². The summed E-state index contributed by atoms with van der Waals surface area (Å²) in [7, 11) is 0. The Morgan fingerprint density at radius 3 is 2.68 bits per heavy atom. The molecule has 6 heteroatoms. The molecule has 6 nitrogen and oxygen atoms in total. The van der Waals surface area contributed by atoms with Gasteiger partial charge in [-0.3, -0.25) is 14.5 Å². The van der Waals surface area contributed by atoms with E-state index in [0.717, 1.165) is 32.6 Å². The van der Waals surface area contributed by atoms with E-state index >= 15 is 0 Å². The van der Waals surface area contributed by atoms with Crippen LogP contribution in [0.15, 0.2) is 35.1 Å². The third-order valence-corrected chi connectivity index (χ3v) is 6.03. The zero-order chi connectivity index (χ0) is 19.7. The summed E-state index contributed by atoms with van der Waals surface area (Å²) in [5.41, 5.74) is 2.27. The van der Waals surface area contributed by atoms with Crippen molar-refractivity contribution in [3.8, 4) is 0 Å². The second-order valence-electron chi connectivity index (χ2n) is 8.22. The Kier molecular flexibility index (Phi) is 5.31. The molecule has 1 aromatic carbocycles. The average Bonchev–Trinajstić information content (AvgIpc) is 2.96. The SMILES string of the molecule is Cc1nc(C)c(CC(=O)N2C[C@@H]3CC[C@H]2CN(Cc2ccccc2)C3)c(=O)[nH]1. The number of rotatable bonds is 4. The molecular formula is C22H28N4O2. The van der Waals surface area contributed by atoms with Gasteiger partial charge in [0.25, 0.3) is 5.56 Å². The van der Waals surface area contributed by atoms with Crippen LogP contribution in [0.5, 0.6) is 0 Å². The minimum atomic E-state index is -0.191. The molecule has 2 aromatic rings. The number of hydrogen-bond acceptors (Lipinski definition) is 4. The number of carbonyl (C=O) groups excluding carboxylic acids is 1. The maximum absolute atomic E-state index is 13.1. The summed E-state index contributed by atoms with van der Waals surface area (Å²) in [5.74, 6) is 1.14. The third-order valence-electron chi connectivity index (χ3n) is 6.03. The molecule has 4 heterocycles. The third kappa shape index (κ3) is 4.02. The Hall–Kier alpha value is -2.47. The Morgan fingerprint density at radius 1 is 1.14 bits per heavy atom. The van der Waals surface area contributed by atoms with Gasteiger partial charge in [-0.25, -0.2) is 4.98 Å². The number of piperidine rings is 1. The van der Waals surface area contributed by atoms with Gasteiger partial charge in [-0.05, 0) is 38.2 Å². The van der Waals surface area contributed by atoms with Gasteiger partial charge in [-0.1, -0.05) is 30.3 Å². The first-order chi connectivity index (χ1) is 13.5. The minimum absolute atomic E-state index is 0.0514. The molecule has 0 saturated carbocycles. The molecule has 0 spiro atoms. The van der Waals surface area contributed by atoms with Crippen LogP contribution in [-0.2, 0) is 17.8 Å². The summed E-state index contributed by atoms with van der Waals surface area (Å²) in [5, 5.41) is 0. The average molecular weight is 380 g/mol. The van der Waals surface area contributed by atoms with E-state index < -0.39 is 0 Å². The number of amides is 1. The molecule has 2 bridgehead atoms. The van der Waals surface area contributed by atoms with Crippen LogP contribution in [0.4, 0.5) is 0 Å². The van der Waals surface area contributed by atoms with Gasteiger partial charge in [0, 0.05) is 43.5 Å². The lowest BCUT2D eigenvalue weighted by Crippen LogP contribution is -2.48. The molecule has 3 fully saturated rings. The van der Waals surface area contributed by atoms with Gasteiger partial charge in [-0.2, -0.15) is 0 Å². The largest absolute Gasteiger partial charge is 0.338 e. The maximum atomic E-state index is 13.1. The lowest BCUT2D eigenvalue weighted by Gasteiger charge is -2.36. The van der Waals surface area contributed by atoms with Crippen LogP contribution in [-0.4, -0.2) is 51.4 Å². The van der Waals surface area contributed by atoms with E-state index in [1.54, 1.807) is 13.8 Å². The van der Waals surface area contributed by atoms with Crippen molar-refractivity contribution >= 4 is 5.91 Å². The van der Waals surface area contributed by atoms with Crippen LogP contribution in [0.2, 0.25) is 0 Å². The Bertz CT molecular complexity index is 908. The maximum Gasteiger partial charge on any atom is 0.254 e. The lowest BCUT2D eigenvalue weighted by atomic mass is 9.94. The first kappa shape index (κ1) is 18.9. The quantitative estimate of drug-likeness (QED) is 0.881. The number of aryl methyl sites for hydroxylation is 2. The predicted molar refractivity (Wildman–Crippen MR) is 108 cm³/mol. The van der Waals surface area contributed by atoms with Gasteiger partial charge in [0.05, 0.1) is 6.42 Å². The smallest absolute Gasteiger partial charge is 0.254 e. The Balaban J connectivity index is 1.47. The Morgan fingerprint density at radius 2 is 1.93 bits per heavy atom. The zero-order valence-electron chi connectivity index (χ0n) is 16.6. The molecule has 2 atom stereocenters. The van der Waals surface area contributed by atoms with Crippen molar-refractivity contribution in [2.45, 2.75) is 45.7 Å². The van der Waals surface area contributed by atoms with Gasteiger partial charge in [0.15, 0.2) is 0 Å². The molecule has 28 heavy (non-hydrogen) atoms. The van der Waals surface area contributed by atoms with E-state index in [1.807, 2.05) is 11.0 Å². The van der Waals surface area contributed by atoms with Crippen LogP contribution < -0.4 is 5.56 Å². The molecule has 1 amide bonds. The minimum Gasteiger partial charge on any atom is -0.338 e. The lowest BCUT2D eigenvalue weighted by molar-refractivity contribution is -0.134.